The number of piperazine rings is 1. The van der Waals surface area contributed by atoms with Crippen LogP contribution in [0.4, 0.5) is 19.0 Å². The Kier molecular flexibility index (Phi) is 4.20. The molecule has 0 aromatic carbocycles. The number of alkyl halides is 3. The number of hydrogen-bond acceptors (Lipinski definition) is 6. The van der Waals surface area contributed by atoms with Gasteiger partial charge in [0.1, 0.15) is 5.82 Å². The minimum atomic E-state index is -4.35. The van der Waals surface area contributed by atoms with Gasteiger partial charge < -0.3 is 9.42 Å². The number of aromatic nitrogens is 3. The topological polar surface area (TPSA) is 58.3 Å². The quantitative estimate of drug-likeness (QED) is 0.861. The van der Waals surface area contributed by atoms with E-state index in [0.29, 0.717) is 37.2 Å². The first-order valence-electron chi connectivity index (χ1n) is 7.21. The van der Waals surface area contributed by atoms with Gasteiger partial charge in [-0.3, -0.25) is 4.90 Å². The maximum Gasteiger partial charge on any atom is 0.417 e. The van der Waals surface area contributed by atoms with Gasteiger partial charge in [0.05, 0.1) is 12.1 Å². The molecule has 0 saturated carbocycles. The van der Waals surface area contributed by atoms with Crippen molar-refractivity contribution in [3.05, 3.63) is 35.6 Å². The second kappa shape index (κ2) is 6.15. The fourth-order valence-electron chi connectivity index (χ4n) is 2.48. The van der Waals surface area contributed by atoms with Crippen molar-refractivity contribution in [2.45, 2.75) is 19.6 Å². The number of rotatable bonds is 3. The monoisotopic (exact) mass is 327 g/mol. The Morgan fingerprint density at radius 3 is 2.43 bits per heavy atom. The summed E-state index contributed by atoms with van der Waals surface area (Å²) in [5.74, 6) is 1.74. The maximum atomic E-state index is 12.5. The Labute approximate surface area is 130 Å². The normalized spacial score (nSPS) is 16.8. The standard InChI is InChI=1S/C14H16F3N5O/c1-10-19-12(20-23-10)9-21-4-6-22(7-5-21)13-3-2-11(8-18-13)14(15,16)17/h2-3,8H,4-7,9H2,1H3. The summed E-state index contributed by atoms with van der Waals surface area (Å²) in [5, 5.41) is 3.86. The van der Waals surface area contributed by atoms with Crippen molar-refractivity contribution in [3.63, 3.8) is 0 Å². The van der Waals surface area contributed by atoms with Gasteiger partial charge in [0.25, 0.3) is 0 Å². The lowest BCUT2D eigenvalue weighted by molar-refractivity contribution is -0.137. The molecule has 1 saturated heterocycles. The van der Waals surface area contributed by atoms with Crippen LogP contribution in [0, 0.1) is 6.92 Å². The van der Waals surface area contributed by atoms with E-state index in [4.69, 9.17) is 4.52 Å². The summed E-state index contributed by atoms with van der Waals surface area (Å²) in [6, 6.07) is 2.48. The molecule has 0 unspecified atom stereocenters. The lowest BCUT2D eigenvalue weighted by Gasteiger charge is -2.34. The third-order valence-corrected chi connectivity index (χ3v) is 3.71. The summed E-state index contributed by atoms with van der Waals surface area (Å²) in [4.78, 5) is 12.2. The number of anilines is 1. The van der Waals surface area contributed by atoms with Crippen molar-refractivity contribution in [1.29, 1.82) is 0 Å². The average molecular weight is 327 g/mol. The van der Waals surface area contributed by atoms with Gasteiger partial charge in [0.2, 0.25) is 5.89 Å². The highest BCUT2D eigenvalue weighted by Crippen LogP contribution is 2.29. The van der Waals surface area contributed by atoms with Crippen molar-refractivity contribution < 1.29 is 17.7 Å². The average Bonchev–Trinajstić information content (AvgIpc) is 2.92. The molecule has 0 N–H and O–H groups in total. The lowest BCUT2D eigenvalue weighted by atomic mass is 10.2. The van der Waals surface area contributed by atoms with E-state index in [0.717, 1.165) is 25.4 Å². The van der Waals surface area contributed by atoms with Crippen LogP contribution in [-0.4, -0.2) is 46.2 Å². The van der Waals surface area contributed by atoms with Gasteiger partial charge in [-0.15, -0.1) is 0 Å². The number of halogens is 3. The smallest absolute Gasteiger partial charge is 0.354 e. The van der Waals surface area contributed by atoms with Crippen molar-refractivity contribution in [3.8, 4) is 0 Å². The SMILES string of the molecule is Cc1nc(CN2CCN(c3ccc(C(F)(F)F)cn3)CC2)no1. The summed E-state index contributed by atoms with van der Waals surface area (Å²) in [5.41, 5.74) is -0.729. The Morgan fingerprint density at radius 1 is 1.17 bits per heavy atom. The summed E-state index contributed by atoms with van der Waals surface area (Å²) in [6.45, 7) is 5.24. The Balaban J connectivity index is 1.56. The third-order valence-electron chi connectivity index (χ3n) is 3.71. The van der Waals surface area contributed by atoms with E-state index in [1.165, 1.54) is 6.07 Å². The molecule has 2 aromatic rings. The van der Waals surface area contributed by atoms with Gasteiger partial charge in [-0.05, 0) is 12.1 Å². The number of nitrogens with zero attached hydrogens (tertiary/aromatic N) is 5. The Bertz CT molecular complexity index is 647. The first-order valence-corrected chi connectivity index (χ1v) is 7.21. The Hall–Kier alpha value is -2.16. The van der Waals surface area contributed by atoms with Crippen LogP contribution in [0.25, 0.3) is 0 Å². The van der Waals surface area contributed by atoms with Gasteiger partial charge in [-0.25, -0.2) is 4.98 Å². The van der Waals surface area contributed by atoms with Crippen LogP contribution in [0.5, 0.6) is 0 Å². The fourth-order valence-corrected chi connectivity index (χ4v) is 2.48. The molecule has 1 fully saturated rings. The molecule has 23 heavy (non-hydrogen) atoms. The van der Waals surface area contributed by atoms with Gasteiger partial charge in [0.15, 0.2) is 5.82 Å². The molecular weight excluding hydrogens is 311 g/mol. The van der Waals surface area contributed by atoms with Crippen LogP contribution in [0.1, 0.15) is 17.3 Å². The highest BCUT2D eigenvalue weighted by atomic mass is 19.4. The molecular formula is C14H16F3N5O. The van der Waals surface area contributed by atoms with Crippen LogP contribution in [0.3, 0.4) is 0 Å². The van der Waals surface area contributed by atoms with Crippen LogP contribution in [0.15, 0.2) is 22.9 Å². The predicted molar refractivity (Wildman–Crippen MR) is 75.8 cm³/mol. The van der Waals surface area contributed by atoms with E-state index in [9.17, 15) is 13.2 Å². The molecule has 1 aliphatic rings. The molecule has 0 atom stereocenters. The molecule has 124 valence electrons. The van der Waals surface area contributed by atoms with Gasteiger partial charge in [0, 0.05) is 39.3 Å². The molecule has 0 amide bonds. The van der Waals surface area contributed by atoms with Gasteiger partial charge >= 0.3 is 6.18 Å². The first-order chi connectivity index (χ1) is 10.9. The minimum Gasteiger partial charge on any atom is -0.354 e. The van der Waals surface area contributed by atoms with E-state index in [1.807, 2.05) is 4.90 Å². The maximum absolute atomic E-state index is 12.5. The highest BCUT2D eigenvalue weighted by molar-refractivity contribution is 5.40. The third kappa shape index (κ3) is 3.79. The zero-order valence-electron chi connectivity index (χ0n) is 12.5. The van der Waals surface area contributed by atoms with E-state index in [-0.39, 0.29) is 0 Å². The molecule has 2 aromatic heterocycles. The predicted octanol–water partition coefficient (Wildman–Crippen LogP) is 2.11. The second-order valence-corrected chi connectivity index (χ2v) is 5.40. The highest BCUT2D eigenvalue weighted by Gasteiger charge is 2.31. The van der Waals surface area contributed by atoms with Gasteiger partial charge in [-0.2, -0.15) is 18.2 Å². The summed E-state index contributed by atoms with van der Waals surface area (Å²) >= 11 is 0. The van der Waals surface area contributed by atoms with Gasteiger partial charge in [-0.1, -0.05) is 5.16 Å². The van der Waals surface area contributed by atoms with Crippen LogP contribution in [-0.2, 0) is 12.7 Å². The minimum absolute atomic E-state index is 0.535. The number of aryl methyl sites for hydroxylation is 1. The molecule has 6 nitrogen and oxygen atoms in total. The summed E-state index contributed by atoms with van der Waals surface area (Å²) in [6.07, 6.45) is -3.48. The van der Waals surface area contributed by atoms with Crippen LogP contribution >= 0.6 is 0 Å². The molecule has 0 aliphatic carbocycles. The second-order valence-electron chi connectivity index (χ2n) is 5.40. The molecule has 3 heterocycles. The summed E-state index contributed by atoms with van der Waals surface area (Å²) < 4.78 is 42.6. The fraction of sp³-hybridized carbons (Fsp3) is 0.500. The van der Waals surface area contributed by atoms with E-state index >= 15 is 0 Å². The van der Waals surface area contributed by atoms with E-state index in [1.54, 1.807) is 6.92 Å². The summed E-state index contributed by atoms with van der Waals surface area (Å²) in [7, 11) is 0. The van der Waals surface area contributed by atoms with Crippen molar-refractivity contribution in [2.75, 3.05) is 31.1 Å². The van der Waals surface area contributed by atoms with Crippen LogP contribution in [0.2, 0.25) is 0 Å². The lowest BCUT2D eigenvalue weighted by Crippen LogP contribution is -2.46. The first kappa shape index (κ1) is 15.7. The molecule has 1 aliphatic heterocycles. The molecule has 0 bridgehead atoms. The molecule has 0 spiro atoms. The van der Waals surface area contributed by atoms with E-state index in [2.05, 4.69) is 20.0 Å². The number of hydrogen-bond donors (Lipinski definition) is 0. The Morgan fingerprint density at radius 2 is 1.91 bits per heavy atom. The molecule has 9 heteroatoms. The number of pyridine rings is 1. The zero-order chi connectivity index (χ0) is 16.4. The van der Waals surface area contributed by atoms with Crippen molar-refractivity contribution in [2.24, 2.45) is 0 Å². The zero-order valence-corrected chi connectivity index (χ0v) is 12.5. The van der Waals surface area contributed by atoms with Crippen molar-refractivity contribution >= 4 is 5.82 Å². The largest absolute Gasteiger partial charge is 0.417 e. The van der Waals surface area contributed by atoms with Crippen LogP contribution < -0.4 is 4.90 Å². The van der Waals surface area contributed by atoms with Crippen molar-refractivity contribution in [1.82, 2.24) is 20.0 Å². The molecule has 0 radical (unpaired) electrons. The van der Waals surface area contributed by atoms with E-state index < -0.39 is 11.7 Å². The molecule has 3 rings (SSSR count).